The van der Waals surface area contributed by atoms with E-state index in [-0.39, 0.29) is 35.3 Å². The van der Waals surface area contributed by atoms with Crippen LogP contribution in [0.25, 0.3) is 5.69 Å². The Kier molecular flexibility index (Phi) is 4.50. The Morgan fingerprint density at radius 2 is 2.00 bits per heavy atom. The van der Waals surface area contributed by atoms with Gasteiger partial charge in [-0.1, -0.05) is 6.07 Å². The minimum absolute atomic E-state index is 0.0136. The zero-order valence-electron chi connectivity index (χ0n) is 15.2. The minimum atomic E-state index is -0.529. The first-order valence-electron chi connectivity index (χ1n) is 9.34. The van der Waals surface area contributed by atoms with Gasteiger partial charge in [-0.3, -0.25) is 4.79 Å². The van der Waals surface area contributed by atoms with Crippen LogP contribution < -0.4 is 5.32 Å². The van der Waals surface area contributed by atoms with Crippen LogP contribution in [-0.2, 0) is 0 Å². The zero-order chi connectivity index (χ0) is 20.0. The number of fused-ring (bicyclic) bond motifs is 2. The van der Waals surface area contributed by atoms with Gasteiger partial charge in [-0.2, -0.15) is 10.2 Å². The van der Waals surface area contributed by atoms with Crippen molar-refractivity contribution in [3.63, 3.8) is 0 Å². The maximum absolute atomic E-state index is 14.6. The summed E-state index contributed by atoms with van der Waals surface area (Å²) in [5.74, 6) is -0.0563. The number of rotatable bonds is 4. The third-order valence-corrected chi connectivity index (χ3v) is 5.97. The van der Waals surface area contributed by atoms with Gasteiger partial charge in [0, 0.05) is 6.04 Å². The predicted molar refractivity (Wildman–Crippen MR) is 106 cm³/mol. The molecule has 1 aromatic carbocycles. The number of hydrogen-bond acceptors (Lipinski definition) is 6. The SMILES string of the molecule is O=C(c1cccc(F)c1-n1nccn1)N1[C@@H]2CC[C@H]1[C@H](Nc1cnc(Br)cn1)C2. The van der Waals surface area contributed by atoms with Gasteiger partial charge >= 0.3 is 0 Å². The lowest BCUT2D eigenvalue weighted by Crippen LogP contribution is -2.40. The molecule has 2 aromatic heterocycles. The number of anilines is 1. The van der Waals surface area contributed by atoms with Crippen molar-refractivity contribution in [3.8, 4) is 5.69 Å². The molecule has 4 heterocycles. The van der Waals surface area contributed by atoms with Gasteiger partial charge < -0.3 is 10.2 Å². The van der Waals surface area contributed by atoms with Crippen LogP contribution in [0.3, 0.4) is 0 Å². The lowest BCUT2D eigenvalue weighted by Gasteiger charge is -2.26. The second-order valence-corrected chi connectivity index (χ2v) is 7.99. The molecule has 2 aliphatic rings. The Morgan fingerprint density at radius 1 is 1.17 bits per heavy atom. The molecule has 0 spiro atoms. The molecule has 10 heteroatoms. The molecule has 2 aliphatic heterocycles. The molecule has 29 heavy (non-hydrogen) atoms. The molecule has 148 valence electrons. The van der Waals surface area contributed by atoms with E-state index >= 15 is 0 Å². The molecule has 8 nitrogen and oxygen atoms in total. The number of halogens is 2. The molecule has 3 atom stereocenters. The summed E-state index contributed by atoms with van der Waals surface area (Å²) in [6.45, 7) is 0. The van der Waals surface area contributed by atoms with Crippen LogP contribution in [-0.4, -0.2) is 53.9 Å². The highest BCUT2D eigenvalue weighted by Crippen LogP contribution is 2.40. The topological polar surface area (TPSA) is 88.8 Å². The van der Waals surface area contributed by atoms with Gasteiger partial charge in [0.15, 0.2) is 5.82 Å². The highest BCUT2D eigenvalue weighted by atomic mass is 79.9. The Labute approximate surface area is 174 Å². The fourth-order valence-electron chi connectivity index (χ4n) is 4.40. The molecular formula is C19H17BrFN7O. The summed E-state index contributed by atoms with van der Waals surface area (Å²) < 4.78 is 15.2. The van der Waals surface area contributed by atoms with E-state index in [2.05, 4.69) is 41.4 Å². The predicted octanol–water partition coefficient (Wildman–Crippen LogP) is 2.82. The normalized spacial score (nSPS) is 22.8. The summed E-state index contributed by atoms with van der Waals surface area (Å²) in [6.07, 6.45) is 8.86. The van der Waals surface area contributed by atoms with Crippen LogP contribution in [0.4, 0.5) is 10.2 Å². The number of para-hydroxylation sites is 1. The molecule has 1 amide bonds. The largest absolute Gasteiger partial charge is 0.364 e. The number of hydrogen-bond donors (Lipinski definition) is 1. The lowest BCUT2D eigenvalue weighted by molar-refractivity contribution is 0.0727. The third kappa shape index (κ3) is 3.17. The summed E-state index contributed by atoms with van der Waals surface area (Å²) >= 11 is 3.28. The number of nitrogens with zero attached hydrogens (tertiary/aromatic N) is 6. The molecule has 0 unspecified atom stereocenters. The van der Waals surface area contributed by atoms with Gasteiger partial charge in [0.1, 0.15) is 16.1 Å². The van der Waals surface area contributed by atoms with E-state index in [9.17, 15) is 9.18 Å². The molecule has 1 N–H and O–H groups in total. The maximum Gasteiger partial charge on any atom is 0.256 e. The van der Waals surface area contributed by atoms with Crippen molar-refractivity contribution in [2.45, 2.75) is 37.4 Å². The van der Waals surface area contributed by atoms with Crippen molar-refractivity contribution in [1.82, 2.24) is 29.9 Å². The van der Waals surface area contributed by atoms with Gasteiger partial charge in [0.2, 0.25) is 0 Å². The molecule has 3 aromatic rings. The van der Waals surface area contributed by atoms with E-state index < -0.39 is 5.82 Å². The Balaban J connectivity index is 1.43. The van der Waals surface area contributed by atoms with Crippen LogP contribution >= 0.6 is 15.9 Å². The quantitative estimate of drug-likeness (QED) is 0.647. The van der Waals surface area contributed by atoms with E-state index in [0.29, 0.717) is 10.4 Å². The standard InChI is InChI=1S/C19H17BrFN7O/c20-16-9-23-17(10-22-16)26-14-8-11-4-5-15(14)27(11)19(29)12-2-1-3-13(21)18(12)28-24-6-7-25-28/h1-3,6-7,9-11,14-15H,4-5,8H2,(H,23,26)/t11-,14-,15+/m1/s1. The first-order chi connectivity index (χ1) is 14.1. The molecule has 0 radical (unpaired) electrons. The third-order valence-electron chi connectivity index (χ3n) is 5.56. The smallest absolute Gasteiger partial charge is 0.256 e. The van der Waals surface area contributed by atoms with Crippen LogP contribution in [0.5, 0.6) is 0 Å². The Morgan fingerprint density at radius 3 is 2.76 bits per heavy atom. The number of nitrogens with one attached hydrogen (secondary N) is 1. The minimum Gasteiger partial charge on any atom is -0.364 e. The van der Waals surface area contributed by atoms with Crippen molar-refractivity contribution in [2.75, 3.05) is 5.32 Å². The number of amides is 1. The van der Waals surface area contributed by atoms with Crippen LogP contribution in [0, 0.1) is 5.82 Å². The lowest BCUT2D eigenvalue weighted by atomic mass is 9.95. The van der Waals surface area contributed by atoms with Crippen molar-refractivity contribution in [1.29, 1.82) is 0 Å². The van der Waals surface area contributed by atoms with Gasteiger partial charge in [-0.25, -0.2) is 14.4 Å². The highest BCUT2D eigenvalue weighted by Gasteiger charge is 2.49. The molecule has 0 saturated carbocycles. The van der Waals surface area contributed by atoms with Crippen molar-refractivity contribution >= 4 is 27.7 Å². The van der Waals surface area contributed by atoms with Gasteiger partial charge in [0.25, 0.3) is 5.91 Å². The average Bonchev–Trinajstić information content (AvgIpc) is 3.45. The van der Waals surface area contributed by atoms with Crippen molar-refractivity contribution < 1.29 is 9.18 Å². The molecular weight excluding hydrogens is 441 g/mol. The van der Waals surface area contributed by atoms with Crippen molar-refractivity contribution in [3.05, 3.63) is 59.0 Å². The second-order valence-electron chi connectivity index (χ2n) is 7.18. The van der Waals surface area contributed by atoms with Gasteiger partial charge in [-0.15, -0.1) is 4.80 Å². The monoisotopic (exact) mass is 457 g/mol. The number of carbonyl (C=O) groups is 1. The summed E-state index contributed by atoms with van der Waals surface area (Å²) in [5, 5.41) is 11.4. The van der Waals surface area contributed by atoms with Gasteiger partial charge in [0.05, 0.1) is 42.4 Å². The summed E-state index contributed by atoms with van der Waals surface area (Å²) in [7, 11) is 0. The van der Waals surface area contributed by atoms with Crippen LogP contribution in [0.15, 0.2) is 47.6 Å². The molecule has 2 fully saturated rings. The molecule has 5 rings (SSSR count). The molecule has 0 aliphatic carbocycles. The summed E-state index contributed by atoms with van der Waals surface area (Å²) in [5.41, 5.74) is 0.347. The highest BCUT2D eigenvalue weighted by molar-refractivity contribution is 9.10. The van der Waals surface area contributed by atoms with E-state index in [1.807, 2.05) is 4.90 Å². The summed E-state index contributed by atoms with van der Waals surface area (Å²) in [4.78, 5) is 25.0. The second kappa shape index (κ2) is 7.18. The first kappa shape index (κ1) is 18.2. The average molecular weight is 458 g/mol. The van der Waals surface area contributed by atoms with Crippen molar-refractivity contribution in [2.24, 2.45) is 0 Å². The van der Waals surface area contributed by atoms with Gasteiger partial charge in [-0.05, 0) is 47.3 Å². The fourth-order valence-corrected chi connectivity index (χ4v) is 4.60. The number of carbonyl (C=O) groups excluding carboxylic acids is 1. The van der Waals surface area contributed by atoms with Crippen LogP contribution in [0.1, 0.15) is 29.6 Å². The summed E-state index contributed by atoms with van der Waals surface area (Å²) in [6, 6.07) is 4.68. The van der Waals surface area contributed by atoms with E-state index in [0.717, 1.165) is 24.1 Å². The number of benzene rings is 1. The Bertz CT molecular complexity index is 1040. The Hall–Kier alpha value is -2.88. The van der Waals surface area contributed by atoms with E-state index in [1.54, 1.807) is 24.5 Å². The molecule has 2 bridgehead atoms. The maximum atomic E-state index is 14.6. The first-order valence-corrected chi connectivity index (χ1v) is 10.1. The van der Waals surface area contributed by atoms with E-state index in [1.165, 1.54) is 18.5 Å². The zero-order valence-corrected chi connectivity index (χ0v) is 16.8. The fraction of sp³-hybridized carbons (Fsp3) is 0.316. The van der Waals surface area contributed by atoms with Crippen LogP contribution in [0.2, 0.25) is 0 Å². The number of aromatic nitrogens is 5. The molecule has 2 saturated heterocycles. The van der Waals surface area contributed by atoms with E-state index in [4.69, 9.17) is 0 Å².